The molecule has 0 spiro atoms. The minimum absolute atomic E-state index is 0.192. The molecule has 0 aliphatic carbocycles. The van der Waals surface area contributed by atoms with E-state index in [0.717, 1.165) is 11.3 Å². The molecule has 2 aromatic carbocycles. The molecule has 1 unspecified atom stereocenters. The Balaban J connectivity index is 1.88. The summed E-state index contributed by atoms with van der Waals surface area (Å²) < 4.78 is 0. The number of carbonyl (C=O) groups excluding carboxylic acids is 2. The molecule has 1 atom stereocenters. The number of nitrogens with zero attached hydrogens (tertiary/aromatic N) is 1. The largest absolute Gasteiger partial charge is 0.336 e. The number of thiophene rings is 1. The smallest absolute Gasteiger partial charge is 0.262 e. The number of hydrogen-bond donors (Lipinski definition) is 1. The first-order chi connectivity index (χ1) is 12.2. The highest BCUT2D eigenvalue weighted by molar-refractivity contribution is 7.12. The van der Waals surface area contributed by atoms with Gasteiger partial charge in [0.1, 0.15) is 6.04 Å². The van der Waals surface area contributed by atoms with E-state index < -0.39 is 6.04 Å². The van der Waals surface area contributed by atoms with E-state index in [1.165, 1.54) is 11.3 Å². The van der Waals surface area contributed by atoms with Gasteiger partial charge in [-0.25, -0.2) is 0 Å². The van der Waals surface area contributed by atoms with Gasteiger partial charge in [-0.15, -0.1) is 11.3 Å². The van der Waals surface area contributed by atoms with E-state index in [1.807, 2.05) is 72.1 Å². The van der Waals surface area contributed by atoms with Gasteiger partial charge in [0.15, 0.2) is 0 Å². The third-order valence-corrected chi connectivity index (χ3v) is 4.74. The standard InChI is InChI=1S/C20H18N2O2S/c1-22(16-11-6-3-7-12-16)20(24)18(15-9-4-2-5-10-15)21-19(23)17-13-8-14-25-17/h2-14,18H,1H3,(H,21,23). The lowest BCUT2D eigenvalue weighted by Gasteiger charge is -2.25. The van der Waals surface area contributed by atoms with E-state index in [2.05, 4.69) is 5.32 Å². The summed E-state index contributed by atoms with van der Waals surface area (Å²) in [6.07, 6.45) is 0. The Labute approximate surface area is 150 Å². The van der Waals surface area contributed by atoms with Crippen molar-refractivity contribution in [1.82, 2.24) is 5.32 Å². The van der Waals surface area contributed by atoms with E-state index in [-0.39, 0.29) is 11.8 Å². The summed E-state index contributed by atoms with van der Waals surface area (Å²) in [5.74, 6) is -0.444. The Morgan fingerprint density at radius 3 is 2.16 bits per heavy atom. The van der Waals surface area contributed by atoms with Gasteiger partial charge in [0.05, 0.1) is 4.88 Å². The molecule has 3 aromatic rings. The third-order valence-electron chi connectivity index (χ3n) is 3.87. The Morgan fingerprint density at radius 1 is 0.920 bits per heavy atom. The number of amides is 2. The van der Waals surface area contributed by atoms with Crippen LogP contribution in [0.5, 0.6) is 0 Å². The fourth-order valence-electron chi connectivity index (χ4n) is 2.52. The average molecular weight is 350 g/mol. The highest BCUT2D eigenvalue weighted by atomic mass is 32.1. The zero-order valence-electron chi connectivity index (χ0n) is 13.8. The van der Waals surface area contributed by atoms with Gasteiger partial charge in [0, 0.05) is 12.7 Å². The molecular formula is C20H18N2O2S. The van der Waals surface area contributed by atoms with Crippen LogP contribution in [0.3, 0.4) is 0 Å². The molecule has 0 saturated heterocycles. The lowest BCUT2D eigenvalue weighted by Crippen LogP contribution is -2.41. The number of carbonyl (C=O) groups is 2. The van der Waals surface area contributed by atoms with Crippen molar-refractivity contribution < 1.29 is 9.59 Å². The summed E-state index contributed by atoms with van der Waals surface area (Å²) in [6.45, 7) is 0. The molecule has 0 saturated carbocycles. The van der Waals surface area contributed by atoms with Crippen LogP contribution in [0.15, 0.2) is 78.2 Å². The summed E-state index contributed by atoms with van der Waals surface area (Å²) in [5.41, 5.74) is 1.53. The maximum absolute atomic E-state index is 13.1. The molecule has 0 bridgehead atoms. The van der Waals surface area contributed by atoms with Crippen molar-refractivity contribution in [2.45, 2.75) is 6.04 Å². The first kappa shape index (κ1) is 16.9. The van der Waals surface area contributed by atoms with Gasteiger partial charge in [0.2, 0.25) is 0 Å². The number of benzene rings is 2. The second kappa shape index (κ2) is 7.77. The van der Waals surface area contributed by atoms with Gasteiger partial charge in [-0.3, -0.25) is 9.59 Å². The van der Waals surface area contributed by atoms with Crippen LogP contribution in [-0.2, 0) is 4.79 Å². The lowest BCUT2D eigenvalue weighted by atomic mass is 10.1. The van der Waals surface area contributed by atoms with Crippen molar-refractivity contribution in [2.24, 2.45) is 0 Å². The predicted molar refractivity (Wildman–Crippen MR) is 101 cm³/mol. The molecule has 5 heteroatoms. The molecule has 25 heavy (non-hydrogen) atoms. The number of nitrogens with one attached hydrogen (secondary N) is 1. The van der Waals surface area contributed by atoms with Gasteiger partial charge in [0.25, 0.3) is 11.8 Å². The molecule has 0 radical (unpaired) electrons. The van der Waals surface area contributed by atoms with Gasteiger partial charge in [-0.05, 0) is 29.1 Å². The third kappa shape index (κ3) is 3.95. The predicted octanol–water partition coefficient (Wildman–Crippen LogP) is 3.88. The normalized spacial score (nSPS) is 11.6. The van der Waals surface area contributed by atoms with Gasteiger partial charge >= 0.3 is 0 Å². The Hall–Kier alpha value is -2.92. The molecule has 1 N–H and O–H groups in total. The monoisotopic (exact) mass is 350 g/mol. The highest BCUT2D eigenvalue weighted by Gasteiger charge is 2.27. The Bertz CT molecular complexity index is 833. The summed E-state index contributed by atoms with van der Waals surface area (Å²) >= 11 is 1.35. The van der Waals surface area contributed by atoms with E-state index in [1.54, 1.807) is 18.0 Å². The minimum atomic E-state index is -0.749. The number of hydrogen-bond acceptors (Lipinski definition) is 3. The quantitative estimate of drug-likeness (QED) is 0.759. The van der Waals surface area contributed by atoms with Crippen molar-refractivity contribution in [3.05, 3.63) is 88.6 Å². The summed E-state index contributed by atoms with van der Waals surface area (Å²) in [4.78, 5) is 27.7. The molecule has 3 rings (SSSR count). The van der Waals surface area contributed by atoms with Crippen LogP contribution in [0.1, 0.15) is 21.3 Å². The molecular weight excluding hydrogens is 332 g/mol. The van der Waals surface area contributed by atoms with Crippen LogP contribution < -0.4 is 10.2 Å². The van der Waals surface area contributed by atoms with Gasteiger partial charge < -0.3 is 10.2 Å². The Morgan fingerprint density at radius 2 is 1.56 bits per heavy atom. The second-order valence-electron chi connectivity index (χ2n) is 5.53. The van der Waals surface area contributed by atoms with Crippen LogP contribution in [0.2, 0.25) is 0 Å². The summed E-state index contributed by atoms with van der Waals surface area (Å²) in [6, 6.07) is 21.5. The maximum atomic E-state index is 13.1. The van der Waals surface area contributed by atoms with Crippen LogP contribution >= 0.6 is 11.3 Å². The number of para-hydroxylation sites is 1. The summed E-state index contributed by atoms with van der Waals surface area (Å²) in [5, 5.41) is 4.70. The van der Waals surface area contributed by atoms with Crippen molar-refractivity contribution in [3.8, 4) is 0 Å². The van der Waals surface area contributed by atoms with E-state index in [0.29, 0.717) is 4.88 Å². The van der Waals surface area contributed by atoms with Crippen molar-refractivity contribution in [1.29, 1.82) is 0 Å². The van der Waals surface area contributed by atoms with Gasteiger partial charge in [-0.1, -0.05) is 54.6 Å². The highest BCUT2D eigenvalue weighted by Crippen LogP contribution is 2.21. The van der Waals surface area contributed by atoms with Crippen molar-refractivity contribution in [2.75, 3.05) is 11.9 Å². The number of rotatable bonds is 5. The summed E-state index contributed by atoms with van der Waals surface area (Å²) in [7, 11) is 1.71. The number of likely N-dealkylation sites (N-methyl/N-ethyl adjacent to an activating group) is 1. The average Bonchev–Trinajstić information content (AvgIpc) is 3.21. The van der Waals surface area contributed by atoms with E-state index in [4.69, 9.17) is 0 Å². The first-order valence-electron chi connectivity index (χ1n) is 7.89. The molecule has 0 aliphatic heterocycles. The SMILES string of the molecule is CN(C(=O)C(NC(=O)c1cccs1)c1ccccc1)c1ccccc1. The fraction of sp³-hybridized carbons (Fsp3) is 0.100. The van der Waals surface area contributed by atoms with Crippen LogP contribution in [0.25, 0.3) is 0 Å². The second-order valence-corrected chi connectivity index (χ2v) is 6.47. The van der Waals surface area contributed by atoms with Gasteiger partial charge in [-0.2, -0.15) is 0 Å². The topological polar surface area (TPSA) is 49.4 Å². The minimum Gasteiger partial charge on any atom is -0.336 e. The molecule has 2 amide bonds. The molecule has 0 aliphatic rings. The molecule has 1 heterocycles. The maximum Gasteiger partial charge on any atom is 0.262 e. The zero-order chi connectivity index (χ0) is 17.6. The lowest BCUT2D eigenvalue weighted by molar-refractivity contribution is -0.120. The van der Waals surface area contributed by atoms with E-state index in [9.17, 15) is 9.59 Å². The Kier molecular flexibility index (Phi) is 5.26. The molecule has 1 aromatic heterocycles. The molecule has 0 fully saturated rings. The molecule has 126 valence electrons. The van der Waals surface area contributed by atoms with Crippen LogP contribution in [0.4, 0.5) is 5.69 Å². The van der Waals surface area contributed by atoms with Crippen molar-refractivity contribution in [3.63, 3.8) is 0 Å². The first-order valence-corrected chi connectivity index (χ1v) is 8.76. The molecule has 4 nitrogen and oxygen atoms in total. The number of anilines is 1. The van der Waals surface area contributed by atoms with Crippen molar-refractivity contribution >= 4 is 28.8 Å². The zero-order valence-corrected chi connectivity index (χ0v) is 14.6. The fourth-order valence-corrected chi connectivity index (χ4v) is 3.14. The van der Waals surface area contributed by atoms with Crippen LogP contribution in [0, 0.1) is 0 Å². The van der Waals surface area contributed by atoms with E-state index >= 15 is 0 Å². The van der Waals surface area contributed by atoms with Crippen LogP contribution in [-0.4, -0.2) is 18.9 Å².